The second-order valence-electron chi connectivity index (χ2n) is 8.78. The SMILES string of the molecule is COC(=O)c1cc2c3ccccc3n(Cc3ccccc3)c2c(-c2cn(C(C)=O)c3ccccc23)n1. The van der Waals surface area contributed by atoms with Gasteiger partial charge in [0.2, 0.25) is 5.91 Å². The Morgan fingerprint density at radius 2 is 1.50 bits per heavy atom. The first-order valence-corrected chi connectivity index (χ1v) is 11.7. The minimum atomic E-state index is -0.506. The Morgan fingerprint density at radius 3 is 2.22 bits per heavy atom. The molecule has 0 saturated heterocycles. The Morgan fingerprint density at radius 1 is 0.833 bits per heavy atom. The van der Waals surface area contributed by atoms with E-state index < -0.39 is 5.97 Å². The Labute approximate surface area is 207 Å². The Hall–Kier alpha value is -4.71. The van der Waals surface area contributed by atoms with E-state index in [1.54, 1.807) is 10.6 Å². The lowest BCUT2D eigenvalue weighted by molar-refractivity contribution is 0.0594. The molecule has 0 saturated carbocycles. The Balaban J connectivity index is 1.77. The van der Waals surface area contributed by atoms with Gasteiger partial charge in [-0.15, -0.1) is 0 Å². The number of para-hydroxylation sites is 2. The highest BCUT2D eigenvalue weighted by Gasteiger charge is 2.23. The molecule has 0 unspecified atom stereocenters. The molecule has 176 valence electrons. The lowest BCUT2D eigenvalue weighted by Gasteiger charge is -2.12. The van der Waals surface area contributed by atoms with E-state index in [0.717, 1.165) is 43.8 Å². The van der Waals surface area contributed by atoms with E-state index in [4.69, 9.17) is 9.72 Å². The van der Waals surface area contributed by atoms with Crippen molar-refractivity contribution in [3.8, 4) is 11.3 Å². The molecule has 0 atom stereocenters. The largest absolute Gasteiger partial charge is 0.464 e. The van der Waals surface area contributed by atoms with E-state index >= 15 is 0 Å². The minimum Gasteiger partial charge on any atom is -0.464 e. The number of carbonyl (C=O) groups excluding carboxylic acids is 2. The maximum Gasteiger partial charge on any atom is 0.356 e. The summed E-state index contributed by atoms with van der Waals surface area (Å²) < 4.78 is 8.93. The van der Waals surface area contributed by atoms with Crippen molar-refractivity contribution in [1.82, 2.24) is 14.1 Å². The van der Waals surface area contributed by atoms with Gasteiger partial charge < -0.3 is 9.30 Å². The summed E-state index contributed by atoms with van der Waals surface area (Å²) in [7, 11) is 1.36. The predicted octanol–water partition coefficient (Wildman–Crippen LogP) is 6.31. The fraction of sp³-hybridized carbons (Fsp3) is 0.100. The first kappa shape index (κ1) is 21.8. The van der Waals surface area contributed by atoms with Crippen LogP contribution in [0.3, 0.4) is 0 Å². The van der Waals surface area contributed by atoms with E-state index in [-0.39, 0.29) is 11.6 Å². The van der Waals surface area contributed by atoms with Gasteiger partial charge in [0.05, 0.1) is 23.8 Å². The molecule has 6 rings (SSSR count). The molecule has 0 N–H and O–H groups in total. The summed E-state index contributed by atoms with van der Waals surface area (Å²) in [5.74, 6) is -0.601. The van der Waals surface area contributed by atoms with Crippen LogP contribution in [0.2, 0.25) is 0 Å². The zero-order chi connectivity index (χ0) is 24.8. The summed E-state index contributed by atoms with van der Waals surface area (Å²) in [6, 6.07) is 27.9. The molecule has 0 aliphatic carbocycles. The number of fused-ring (bicyclic) bond motifs is 4. The molecule has 0 amide bonds. The number of esters is 1. The number of aromatic nitrogens is 3. The number of hydrogen-bond donors (Lipinski definition) is 0. The van der Waals surface area contributed by atoms with Crippen LogP contribution in [0.25, 0.3) is 44.0 Å². The van der Waals surface area contributed by atoms with Gasteiger partial charge in [-0.2, -0.15) is 0 Å². The number of methoxy groups -OCH3 is 1. The van der Waals surface area contributed by atoms with Crippen LogP contribution in [-0.4, -0.2) is 33.1 Å². The average Bonchev–Trinajstić information content (AvgIpc) is 3.45. The van der Waals surface area contributed by atoms with E-state index in [2.05, 4.69) is 28.8 Å². The van der Waals surface area contributed by atoms with Gasteiger partial charge in [0.15, 0.2) is 0 Å². The lowest BCUT2D eigenvalue weighted by atomic mass is 10.1. The maximum absolute atomic E-state index is 12.7. The van der Waals surface area contributed by atoms with Gasteiger partial charge in [-0.05, 0) is 23.8 Å². The number of carbonyl (C=O) groups is 2. The van der Waals surface area contributed by atoms with Gasteiger partial charge in [0.25, 0.3) is 0 Å². The zero-order valence-electron chi connectivity index (χ0n) is 19.9. The van der Waals surface area contributed by atoms with Crippen LogP contribution in [0.15, 0.2) is 91.1 Å². The van der Waals surface area contributed by atoms with Crippen molar-refractivity contribution in [1.29, 1.82) is 0 Å². The second kappa shape index (κ2) is 8.50. The summed E-state index contributed by atoms with van der Waals surface area (Å²) in [4.78, 5) is 30.0. The number of nitrogens with zero attached hydrogens (tertiary/aromatic N) is 3. The van der Waals surface area contributed by atoms with E-state index in [1.807, 2.05) is 60.8 Å². The highest BCUT2D eigenvalue weighted by Crippen LogP contribution is 2.39. The first-order chi connectivity index (χ1) is 17.6. The average molecular weight is 474 g/mol. The predicted molar refractivity (Wildman–Crippen MR) is 141 cm³/mol. The number of ether oxygens (including phenoxy) is 1. The molecule has 3 heterocycles. The molecule has 0 aliphatic rings. The van der Waals surface area contributed by atoms with E-state index in [9.17, 15) is 9.59 Å². The summed E-state index contributed by atoms with van der Waals surface area (Å²) in [6.07, 6.45) is 1.82. The lowest BCUT2D eigenvalue weighted by Crippen LogP contribution is -2.07. The van der Waals surface area contributed by atoms with Gasteiger partial charge in [-0.3, -0.25) is 9.36 Å². The number of benzene rings is 3. The molecular formula is C30H23N3O3. The molecular weight excluding hydrogens is 450 g/mol. The van der Waals surface area contributed by atoms with Crippen LogP contribution in [0.1, 0.15) is 27.8 Å². The molecule has 3 aromatic heterocycles. The summed E-state index contributed by atoms with van der Waals surface area (Å²) in [5.41, 5.74) is 5.53. The molecule has 6 aromatic rings. The number of pyridine rings is 1. The number of rotatable bonds is 4. The monoisotopic (exact) mass is 473 g/mol. The Kier molecular flexibility index (Phi) is 5.15. The molecule has 0 aliphatic heterocycles. The van der Waals surface area contributed by atoms with Crippen molar-refractivity contribution in [3.63, 3.8) is 0 Å². The van der Waals surface area contributed by atoms with Crippen molar-refractivity contribution in [2.24, 2.45) is 0 Å². The van der Waals surface area contributed by atoms with Crippen molar-refractivity contribution >= 4 is 44.6 Å². The van der Waals surface area contributed by atoms with Crippen LogP contribution in [0.4, 0.5) is 0 Å². The van der Waals surface area contributed by atoms with Crippen LogP contribution in [0.5, 0.6) is 0 Å². The third-order valence-electron chi connectivity index (χ3n) is 6.63. The van der Waals surface area contributed by atoms with Gasteiger partial charge in [-0.1, -0.05) is 66.7 Å². The highest BCUT2D eigenvalue weighted by atomic mass is 16.5. The quantitative estimate of drug-likeness (QED) is 0.282. The van der Waals surface area contributed by atoms with Crippen molar-refractivity contribution in [2.45, 2.75) is 13.5 Å². The standard InChI is InChI=1S/C30H23N3O3/c1-19(34)32-18-24(22-13-7-8-14-26(22)32)28-29-23(16-25(31-28)30(35)36-2)21-12-6-9-15-27(21)33(29)17-20-10-4-3-5-11-20/h3-16,18H,17H2,1-2H3. The van der Waals surface area contributed by atoms with Crippen LogP contribution >= 0.6 is 0 Å². The van der Waals surface area contributed by atoms with Crippen LogP contribution < -0.4 is 0 Å². The normalized spacial score (nSPS) is 11.4. The fourth-order valence-electron chi connectivity index (χ4n) is 5.03. The topological polar surface area (TPSA) is 66.1 Å². The molecule has 0 bridgehead atoms. The van der Waals surface area contributed by atoms with Crippen molar-refractivity contribution in [3.05, 3.63) is 102 Å². The smallest absolute Gasteiger partial charge is 0.356 e. The molecule has 3 aromatic carbocycles. The summed E-state index contributed by atoms with van der Waals surface area (Å²) in [5, 5.41) is 2.82. The number of hydrogen-bond acceptors (Lipinski definition) is 4. The molecule has 0 fully saturated rings. The third-order valence-corrected chi connectivity index (χ3v) is 6.63. The van der Waals surface area contributed by atoms with Gasteiger partial charge in [0.1, 0.15) is 5.69 Å². The molecule has 6 heteroatoms. The van der Waals surface area contributed by atoms with Crippen LogP contribution in [-0.2, 0) is 11.3 Å². The van der Waals surface area contributed by atoms with Gasteiger partial charge in [0, 0.05) is 46.9 Å². The molecule has 0 radical (unpaired) electrons. The fourth-order valence-corrected chi connectivity index (χ4v) is 5.03. The van der Waals surface area contributed by atoms with E-state index in [1.165, 1.54) is 14.0 Å². The van der Waals surface area contributed by atoms with Gasteiger partial charge in [-0.25, -0.2) is 9.78 Å². The summed E-state index contributed by atoms with van der Waals surface area (Å²) in [6.45, 7) is 2.17. The van der Waals surface area contributed by atoms with Crippen molar-refractivity contribution in [2.75, 3.05) is 7.11 Å². The third kappa shape index (κ3) is 3.38. The van der Waals surface area contributed by atoms with Crippen molar-refractivity contribution < 1.29 is 14.3 Å². The van der Waals surface area contributed by atoms with Crippen LogP contribution in [0, 0.1) is 0 Å². The van der Waals surface area contributed by atoms with Gasteiger partial charge >= 0.3 is 5.97 Å². The Bertz CT molecular complexity index is 1800. The molecule has 6 nitrogen and oxygen atoms in total. The first-order valence-electron chi connectivity index (χ1n) is 11.7. The van der Waals surface area contributed by atoms with E-state index in [0.29, 0.717) is 12.2 Å². The second-order valence-corrected chi connectivity index (χ2v) is 8.78. The summed E-state index contributed by atoms with van der Waals surface area (Å²) >= 11 is 0. The molecule has 0 spiro atoms. The zero-order valence-corrected chi connectivity index (χ0v) is 19.9. The molecule has 36 heavy (non-hydrogen) atoms. The highest BCUT2D eigenvalue weighted by molar-refractivity contribution is 6.16. The minimum absolute atomic E-state index is 0.0948. The maximum atomic E-state index is 12.7.